The van der Waals surface area contributed by atoms with Crippen LogP contribution in [0.1, 0.15) is 11.1 Å². The zero-order valence-corrected chi connectivity index (χ0v) is 12.9. The molecule has 8 heteroatoms. The fourth-order valence-electron chi connectivity index (χ4n) is 1.92. The van der Waals surface area contributed by atoms with Crippen molar-refractivity contribution in [3.05, 3.63) is 53.7 Å². The molecule has 0 bridgehead atoms. The van der Waals surface area contributed by atoms with Crippen LogP contribution in [0.5, 0.6) is 5.88 Å². The van der Waals surface area contributed by atoms with Crippen LogP contribution in [0.25, 0.3) is 0 Å². The first kappa shape index (κ1) is 17.6. The highest BCUT2D eigenvalue weighted by Crippen LogP contribution is 2.30. The van der Waals surface area contributed by atoms with Crippen molar-refractivity contribution in [1.82, 2.24) is 10.3 Å². The molecule has 0 atom stereocenters. The van der Waals surface area contributed by atoms with Crippen LogP contribution >= 0.6 is 0 Å². The van der Waals surface area contributed by atoms with Gasteiger partial charge in [0.2, 0.25) is 11.8 Å². The Balaban J connectivity index is 1.85. The molecule has 0 saturated carbocycles. The van der Waals surface area contributed by atoms with E-state index in [-0.39, 0.29) is 24.7 Å². The molecule has 1 aromatic carbocycles. The lowest BCUT2D eigenvalue weighted by molar-refractivity contribution is -0.137. The molecule has 1 heterocycles. The summed E-state index contributed by atoms with van der Waals surface area (Å²) in [6.45, 7) is 0.130. The highest BCUT2D eigenvalue weighted by atomic mass is 19.4. The first-order valence-electron chi connectivity index (χ1n) is 7.05. The second-order valence-corrected chi connectivity index (χ2v) is 4.92. The monoisotopic (exact) mass is 339 g/mol. The SMILES string of the molecule is COc1cc(CNC(=O)CNc2cccc(C(F)(F)F)c2)ccn1. The number of methoxy groups -OCH3 is 1. The topological polar surface area (TPSA) is 63.2 Å². The molecule has 0 radical (unpaired) electrons. The number of benzene rings is 1. The van der Waals surface area contributed by atoms with Crippen LogP contribution in [0.4, 0.5) is 18.9 Å². The van der Waals surface area contributed by atoms with Gasteiger partial charge in [-0.25, -0.2) is 4.98 Å². The van der Waals surface area contributed by atoms with Crippen molar-refractivity contribution in [2.45, 2.75) is 12.7 Å². The molecule has 0 unspecified atom stereocenters. The van der Waals surface area contributed by atoms with Crippen LogP contribution in [-0.4, -0.2) is 24.5 Å². The van der Waals surface area contributed by atoms with Crippen LogP contribution in [0.15, 0.2) is 42.6 Å². The van der Waals surface area contributed by atoms with Crippen molar-refractivity contribution in [1.29, 1.82) is 0 Å². The van der Waals surface area contributed by atoms with Gasteiger partial charge < -0.3 is 15.4 Å². The summed E-state index contributed by atoms with van der Waals surface area (Å²) in [7, 11) is 1.49. The van der Waals surface area contributed by atoms with Crippen LogP contribution in [-0.2, 0) is 17.5 Å². The van der Waals surface area contributed by atoms with E-state index in [9.17, 15) is 18.0 Å². The van der Waals surface area contributed by atoms with Crippen molar-refractivity contribution < 1.29 is 22.7 Å². The predicted molar refractivity (Wildman–Crippen MR) is 82.6 cm³/mol. The normalized spacial score (nSPS) is 11.0. The van der Waals surface area contributed by atoms with Gasteiger partial charge >= 0.3 is 6.18 Å². The Kier molecular flexibility index (Phi) is 5.62. The van der Waals surface area contributed by atoms with E-state index < -0.39 is 11.7 Å². The van der Waals surface area contributed by atoms with E-state index >= 15 is 0 Å². The van der Waals surface area contributed by atoms with Gasteiger partial charge in [0.15, 0.2) is 0 Å². The van der Waals surface area contributed by atoms with Crippen molar-refractivity contribution in [3.8, 4) is 5.88 Å². The third-order valence-electron chi connectivity index (χ3n) is 3.14. The van der Waals surface area contributed by atoms with E-state index in [1.807, 2.05) is 0 Å². The number of carbonyl (C=O) groups is 1. The van der Waals surface area contributed by atoms with Crippen LogP contribution in [0.2, 0.25) is 0 Å². The van der Waals surface area contributed by atoms with E-state index in [1.54, 1.807) is 18.3 Å². The summed E-state index contributed by atoms with van der Waals surface area (Å²) in [5, 5.41) is 5.33. The molecule has 0 spiro atoms. The summed E-state index contributed by atoms with van der Waals surface area (Å²) in [4.78, 5) is 15.7. The Bertz CT molecular complexity index is 705. The number of carbonyl (C=O) groups excluding carboxylic acids is 1. The average molecular weight is 339 g/mol. The third kappa shape index (κ3) is 5.15. The number of hydrogen-bond donors (Lipinski definition) is 2. The van der Waals surface area contributed by atoms with E-state index in [1.165, 1.54) is 19.2 Å². The molecule has 2 aromatic rings. The molecule has 0 saturated heterocycles. The van der Waals surface area contributed by atoms with E-state index in [0.29, 0.717) is 5.88 Å². The molecular formula is C16H16F3N3O2. The minimum absolute atomic E-state index is 0.135. The second kappa shape index (κ2) is 7.67. The number of amides is 1. The molecule has 0 fully saturated rings. The number of alkyl halides is 3. The Morgan fingerprint density at radius 1 is 1.25 bits per heavy atom. The van der Waals surface area contributed by atoms with Crippen molar-refractivity contribution in [3.63, 3.8) is 0 Å². The zero-order valence-electron chi connectivity index (χ0n) is 12.9. The molecule has 1 aromatic heterocycles. The van der Waals surface area contributed by atoms with Crippen molar-refractivity contribution in [2.24, 2.45) is 0 Å². The van der Waals surface area contributed by atoms with Crippen molar-refractivity contribution in [2.75, 3.05) is 19.0 Å². The lowest BCUT2D eigenvalue weighted by atomic mass is 10.2. The Morgan fingerprint density at radius 3 is 2.75 bits per heavy atom. The first-order valence-corrected chi connectivity index (χ1v) is 7.05. The largest absolute Gasteiger partial charge is 0.481 e. The molecule has 0 aliphatic heterocycles. The minimum Gasteiger partial charge on any atom is -0.481 e. The second-order valence-electron chi connectivity index (χ2n) is 4.92. The number of hydrogen-bond acceptors (Lipinski definition) is 4. The van der Waals surface area contributed by atoms with E-state index in [2.05, 4.69) is 15.6 Å². The third-order valence-corrected chi connectivity index (χ3v) is 3.14. The Hall–Kier alpha value is -2.77. The summed E-state index contributed by atoms with van der Waals surface area (Å²) < 4.78 is 42.8. The smallest absolute Gasteiger partial charge is 0.416 e. The standard InChI is InChI=1S/C16H16F3N3O2/c1-24-15-7-11(5-6-20-15)9-22-14(23)10-21-13-4-2-3-12(8-13)16(17,18)19/h2-8,21H,9-10H2,1H3,(H,22,23). The maximum absolute atomic E-state index is 12.6. The van der Waals surface area contributed by atoms with E-state index in [0.717, 1.165) is 17.7 Å². The number of pyridine rings is 1. The molecule has 2 N–H and O–H groups in total. The number of aromatic nitrogens is 1. The van der Waals surface area contributed by atoms with Gasteiger partial charge in [0.05, 0.1) is 19.2 Å². The van der Waals surface area contributed by atoms with Gasteiger partial charge in [0, 0.05) is 24.5 Å². The number of ether oxygens (including phenoxy) is 1. The highest BCUT2D eigenvalue weighted by Gasteiger charge is 2.30. The summed E-state index contributed by atoms with van der Waals surface area (Å²) >= 11 is 0. The van der Waals surface area contributed by atoms with E-state index in [4.69, 9.17) is 4.74 Å². The Morgan fingerprint density at radius 2 is 2.04 bits per heavy atom. The molecule has 128 valence electrons. The van der Waals surface area contributed by atoms with Crippen LogP contribution in [0, 0.1) is 0 Å². The average Bonchev–Trinajstić information content (AvgIpc) is 2.58. The predicted octanol–water partition coefficient (Wildman–Crippen LogP) is 2.84. The number of halogens is 3. The zero-order chi connectivity index (χ0) is 17.6. The molecule has 24 heavy (non-hydrogen) atoms. The first-order chi connectivity index (χ1) is 11.4. The number of nitrogens with one attached hydrogen (secondary N) is 2. The molecule has 0 aliphatic rings. The van der Waals surface area contributed by atoms with Gasteiger partial charge in [0.25, 0.3) is 0 Å². The number of nitrogens with zero attached hydrogens (tertiary/aromatic N) is 1. The summed E-state index contributed by atoms with van der Waals surface area (Å²) in [6.07, 6.45) is -2.86. The van der Waals surface area contributed by atoms with Gasteiger partial charge in [-0.05, 0) is 29.8 Å². The summed E-state index contributed by atoms with van der Waals surface area (Å²) in [6, 6.07) is 8.09. The molecule has 5 nitrogen and oxygen atoms in total. The van der Waals surface area contributed by atoms with Gasteiger partial charge in [-0.15, -0.1) is 0 Å². The van der Waals surface area contributed by atoms with Gasteiger partial charge in [-0.3, -0.25) is 4.79 Å². The highest BCUT2D eigenvalue weighted by molar-refractivity contribution is 5.80. The van der Waals surface area contributed by atoms with Crippen molar-refractivity contribution >= 4 is 11.6 Å². The minimum atomic E-state index is -4.42. The lowest BCUT2D eigenvalue weighted by Crippen LogP contribution is -2.29. The van der Waals surface area contributed by atoms with Gasteiger partial charge in [-0.2, -0.15) is 13.2 Å². The molecule has 1 amide bonds. The maximum Gasteiger partial charge on any atom is 0.416 e. The molecule has 0 aliphatic carbocycles. The number of anilines is 1. The van der Waals surface area contributed by atoms with Gasteiger partial charge in [-0.1, -0.05) is 6.07 Å². The molecular weight excluding hydrogens is 323 g/mol. The number of rotatable bonds is 6. The summed E-state index contributed by atoms with van der Waals surface area (Å²) in [5.41, 5.74) is 0.261. The lowest BCUT2D eigenvalue weighted by Gasteiger charge is -2.11. The van der Waals surface area contributed by atoms with Gasteiger partial charge in [0.1, 0.15) is 0 Å². The fourth-order valence-corrected chi connectivity index (χ4v) is 1.92. The van der Waals surface area contributed by atoms with Crippen LogP contribution < -0.4 is 15.4 Å². The Labute approximate surface area is 136 Å². The summed E-state index contributed by atoms with van der Waals surface area (Å²) in [5.74, 6) is 0.0898. The maximum atomic E-state index is 12.6. The fraction of sp³-hybridized carbons (Fsp3) is 0.250. The van der Waals surface area contributed by atoms with Crippen LogP contribution in [0.3, 0.4) is 0 Å². The molecule has 2 rings (SSSR count). The quantitative estimate of drug-likeness (QED) is 0.849.